The van der Waals surface area contributed by atoms with E-state index < -0.39 is 0 Å². The van der Waals surface area contributed by atoms with Crippen LogP contribution < -0.4 is 0 Å². The van der Waals surface area contributed by atoms with Crippen LogP contribution in [-0.4, -0.2) is 12.1 Å². The van der Waals surface area contributed by atoms with E-state index in [9.17, 15) is 4.79 Å². The van der Waals surface area contributed by atoms with Crippen LogP contribution >= 0.6 is 0 Å². The van der Waals surface area contributed by atoms with E-state index >= 15 is 0 Å². The van der Waals surface area contributed by atoms with Crippen molar-refractivity contribution in [1.82, 2.24) is 0 Å². The van der Waals surface area contributed by atoms with Gasteiger partial charge in [0.15, 0.2) is 0 Å². The molecule has 0 amide bonds. The summed E-state index contributed by atoms with van der Waals surface area (Å²) in [6, 6.07) is 20.5. The van der Waals surface area contributed by atoms with Gasteiger partial charge < -0.3 is 4.74 Å². The minimum Gasteiger partial charge on any atom is -0.459 e. The summed E-state index contributed by atoms with van der Waals surface area (Å²) in [5.41, 5.74) is 6.24. The number of carbonyl (C=O) groups excluding carboxylic acids is 1. The summed E-state index contributed by atoms with van der Waals surface area (Å²) >= 11 is 0. The van der Waals surface area contributed by atoms with Gasteiger partial charge in [-0.3, -0.25) is 0 Å². The van der Waals surface area contributed by atoms with Crippen LogP contribution in [0.3, 0.4) is 0 Å². The lowest BCUT2D eigenvalue weighted by molar-refractivity contribution is -0.0245. The van der Waals surface area contributed by atoms with Crippen LogP contribution in [0.1, 0.15) is 94.0 Å². The van der Waals surface area contributed by atoms with Crippen LogP contribution in [0, 0.1) is 28.6 Å². The molecule has 0 N–H and O–H groups in total. The van der Waals surface area contributed by atoms with Crippen molar-refractivity contribution in [3.05, 3.63) is 95.1 Å². The number of esters is 1. The highest BCUT2D eigenvalue weighted by atomic mass is 16.5. The van der Waals surface area contributed by atoms with Crippen molar-refractivity contribution in [1.29, 1.82) is 0 Å². The van der Waals surface area contributed by atoms with Crippen LogP contribution in [-0.2, 0) is 4.74 Å². The summed E-state index contributed by atoms with van der Waals surface area (Å²) in [6.45, 7) is 7.54. The second-order valence-corrected chi connectivity index (χ2v) is 12.9. The molecule has 2 aromatic carbocycles. The zero-order valence-corrected chi connectivity index (χ0v) is 22.8. The fraction of sp³-hybridized carbons (Fsp3) is 0.514. The van der Waals surface area contributed by atoms with Crippen LogP contribution in [0.25, 0.3) is 0 Å². The summed E-state index contributed by atoms with van der Waals surface area (Å²) < 4.78 is 6.00. The Hall–Kier alpha value is -2.61. The predicted molar refractivity (Wildman–Crippen MR) is 150 cm³/mol. The Morgan fingerprint density at radius 3 is 2.46 bits per heavy atom. The lowest BCUT2D eigenvalue weighted by Crippen LogP contribution is -2.47. The minimum atomic E-state index is -0.174. The van der Waals surface area contributed by atoms with E-state index in [2.05, 4.69) is 63.3 Å². The first-order valence-corrected chi connectivity index (χ1v) is 14.6. The van der Waals surface area contributed by atoms with E-state index in [1.807, 2.05) is 30.3 Å². The van der Waals surface area contributed by atoms with E-state index in [4.69, 9.17) is 4.74 Å². The van der Waals surface area contributed by atoms with Gasteiger partial charge in [-0.1, -0.05) is 87.0 Å². The van der Waals surface area contributed by atoms with E-state index in [0.29, 0.717) is 28.7 Å². The number of ether oxygens (including phenoxy) is 1. The monoisotopic (exact) mass is 494 g/mol. The minimum absolute atomic E-state index is 0.0221. The van der Waals surface area contributed by atoms with Gasteiger partial charge in [-0.05, 0) is 109 Å². The fourth-order valence-corrected chi connectivity index (χ4v) is 8.61. The first-order chi connectivity index (χ1) is 17.9. The summed E-state index contributed by atoms with van der Waals surface area (Å²) in [4.78, 5) is 12.7. The third-order valence-electron chi connectivity index (χ3n) is 11.0. The summed E-state index contributed by atoms with van der Waals surface area (Å²) in [5, 5.41) is 0. The molecule has 37 heavy (non-hydrogen) atoms. The molecular weight excluding hydrogens is 452 g/mol. The van der Waals surface area contributed by atoms with Crippen LogP contribution in [0.15, 0.2) is 84.0 Å². The number of benzene rings is 2. The number of fused-ring (bicyclic) bond motifs is 4. The second-order valence-electron chi connectivity index (χ2n) is 12.9. The molecule has 6 rings (SSSR count). The van der Waals surface area contributed by atoms with Gasteiger partial charge in [0.05, 0.1) is 5.56 Å². The quantitative estimate of drug-likeness (QED) is 0.388. The van der Waals surface area contributed by atoms with Gasteiger partial charge in [0, 0.05) is 0 Å². The zero-order valence-electron chi connectivity index (χ0n) is 22.8. The van der Waals surface area contributed by atoms with E-state index in [-0.39, 0.29) is 17.5 Å². The highest BCUT2D eigenvalue weighted by Crippen LogP contribution is 2.64. The average molecular weight is 495 g/mol. The highest BCUT2D eigenvalue weighted by Gasteiger charge is 2.54. The number of hydrogen-bond acceptors (Lipinski definition) is 2. The summed E-state index contributed by atoms with van der Waals surface area (Å²) in [6.07, 6.45) is 14.6. The molecule has 2 heteroatoms. The average Bonchev–Trinajstić information content (AvgIpc) is 3.25. The van der Waals surface area contributed by atoms with Gasteiger partial charge in [0.25, 0.3) is 0 Å². The number of rotatable bonds is 5. The Labute approximate surface area is 223 Å². The third-order valence-corrected chi connectivity index (χ3v) is 11.0. The summed E-state index contributed by atoms with van der Waals surface area (Å²) in [5.74, 6) is 2.36. The van der Waals surface area contributed by atoms with E-state index in [1.165, 1.54) is 37.7 Å². The van der Waals surface area contributed by atoms with Gasteiger partial charge in [0.2, 0.25) is 0 Å². The van der Waals surface area contributed by atoms with Gasteiger partial charge in [-0.15, -0.1) is 0 Å². The maximum Gasteiger partial charge on any atom is 0.338 e. The molecule has 0 radical (unpaired) electrons. The first kappa shape index (κ1) is 24.7. The molecule has 7 atom stereocenters. The van der Waals surface area contributed by atoms with E-state index in [1.54, 1.807) is 11.1 Å². The number of carbonyl (C=O) groups is 1. The molecule has 0 aliphatic heterocycles. The third kappa shape index (κ3) is 4.31. The van der Waals surface area contributed by atoms with Gasteiger partial charge >= 0.3 is 5.97 Å². The Morgan fingerprint density at radius 1 is 0.973 bits per heavy atom. The van der Waals surface area contributed by atoms with Gasteiger partial charge in [0.1, 0.15) is 6.10 Å². The molecule has 2 aromatic rings. The predicted octanol–water partition coefficient (Wildman–Crippen LogP) is 8.90. The second kappa shape index (κ2) is 9.61. The Kier molecular flexibility index (Phi) is 6.42. The molecule has 0 spiro atoms. The fourth-order valence-electron chi connectivity index (χ4n) is 8.61. The topological polar surface area (TPSA) is 26.3 Å². The van der Waals surface area contributed by atoms with Crippen LogP contribution in [0.4, 0.5) is 0 Å². The van der Waals surface area contributed by atoms with Crippen molar-refractivity contribution < 1.29 is 9.53 Å². The standard InChI is InChI=1S/C35H42O2/c1-24(25-10-6-4-7-11-25)22-27-15-17-31-30-16-14-28-23-29(37-33(36)26-12-8-5-9-13-26)18-20-34(28,2)32(30)19-21-35(27,31)3/h4-14,16,24,27-29,32H,15,17-23H2,1-3H3/t24?,27-,28?,29?,32+,34+,35-/m1/s1. The van der Waals surface area contributed by atoms with Crippen molar-refractivity contribution in [2.45, 2.75) is 84.2 Å². The smallest absolute Gasteiger partial charge is 0.338 e. The molecule has 3 unspecified atom stereocenters. The van der Waals surface area contributed by atoms with Crippen molar-refractivity contribution in [3.8, 4) is 0 Å². The first-order valence-electron chi connectivity index (χ1n) is 14.6. The lowest BCUT2D eigenvalue weighted by atomic mass is 9.51. The lowest BCUT2D eigenvalue weighted by Gasteiger charge is -2.54. The number of hydrogen-bond donors (Lipinski definition) is 0. The normalized spacial score (nSPS) is 35.3. The molecule has 0 heterocycles. The maximum absolute atomic E-state index is 12.7. The zero-order chi connectivity index (χ0) is 25.6. The van der Waals surface area contributed by atoms with Crippen LogP contribution in [0.2, 0.25) is 0 Å². The molecule has 194 valence electrons. The van der Waals surface area contributed by atoms with Crippen molar-refractivity contribution in [2.24, 2.45) is 28.6 Å². The molecule has 4 aliphatic carbocycles. The van der Waals surface area contributed by atoms with E-state index in [0.717, 1.165) is 25.2 Å². The Balaban J connectivity index is 1.19. The SMILES string of the molecule is CC(C[C@H]1CCC2=C3C=CC4CC(OC(=O)c5ccccc5)CC[C@]4(C)[C@H]3CC[C@@]21C)c1ccccc1. The van der Waals surface area contributed by atoms with Crippen LogP contribution in [0.5, 0.6) is 0 Å². The maximum atomic E-state index is 12.7. The molecular formula is C35H42O2. The molecule has 2 fully saturated rings. The van der Waals surface area contributed by atoms with Crippen molar-refractivity contribution >= 4 is 5.97 Å². The molecule has 2 nitrogen and oxygen atoms in total. The largest absolute Gasteiger partial charge is 0.459 e. The Morgan fingerprint density at radius 2 is 1.70 bits per heavy atom. The Bertz CT molecular complexity index is 1190. The number of allylic oxidation sites excluding steroid dienone is 4. The molecule has 0 saturated heterocycles. The molecule has 4 aliphatic rings. The summed E-state index contributed by atoms with van der Waals surface area (Å²) in [7, 11) is 0. The highest BCUT2D eigenvalue weighted by molar-refractivity contribution is 5.89. The molecule has 0 bridgehead atoms. The molecule has 0 aromatic heterocycles. The van der Waals surface area contributed by atoms with Crippen molar-refractivity contribution in [3.63, 3.8) is 0 Å². The van der Waals surface area contributed by atoms with Gasteiger partial charge in [-0.2, -0.15) is 0 Å². The molecule has 2 saturated carbocycles. The van der Waals surface area contributed by atoms with Crippen molar-refractivity contribution in [2.75, 3.05) is 0 Å². The van der Waals surface area contributed by atoms with Gasteiger partial charge in [-0.25, -0.2) is 4.79 Å².